The van der Waals surface area contributed by atoms with Gasteiger partial charge < -0.3 is 0 Å². The lowest BCUT2D eigenvalue weighted by Crippen LogP contribution is -2.35. The van der Waals surface area contributed by atoms with Gasteiger partial charge in [0, 0.05) is 11.9 Å². The molecule has 5 heteroatoms. The molecular formula is C14H15NO3S. The molecule has 0 spiro atoms. The van der Waals surface area contributed by atoms with Crippen LogP contribution in [0.1, 0.15) is 12.8 Å². The third kappa shape index (κ3) is 2.25. The Labute approximate surface area is 112 Å². The average molecular weight is 277 g/mol. The first-order valence-electron chi connectivity index (χ1n) is 6.33. The van der Waals surface area contributed by atoms with Gasteiger partial charge in [-0.3, -0.25) is 4.84 Å². The number of fused-ring (bicyclic) bond motifs is 1. The molecule has 1 heterocycles. The molecule has 100 valence electrons. The summed E-state index contributed by atoms with van der Waals surface area (Å²) in [4.78, 5) is 5.60. The van der Waals surface area contributed by atoms with E-state index in [1.807, 2.05) is 30.3 Å². The van der Waals surface area contributed by atoms with Crippen LogP contribution >= 0.6 is 0 Å². The van der Waals surface area contributed by atoms with E-state index in [2.05, 4.69) is 0 Å². The maximum atomic E-state index is 12.6. The van der Waals surface area contributed by atoms with Gasteiger partial charge in [0.2, 0.25) is 0 Å². The lowest BCUT2D eigenvalue weighted by molar-refractivity contribution is -0.108. The minimum atomic E-state index is -3.58. The highest BCUT2D eigenvalue weighted by atomic mass is 32.2. The summed E-state index contributed by atoms with van der Waals surface area (Å²) >= 11 is 0. The van der Waals surface area contributed by atoms with E-state index in [1.165, 1.54) is 0 Å². The van der Waals surface area contributed by atoms with E-state index in [0.29, 0.717) is 18.0 Å². The van der Waals surface area contributed by atoms with Crippen LogP contribution in [0.25, 0.3) is 10.8 Å². The number of hydrogen-bond donors (Lipinski definition) is 0. The SMILES string of the molecule is O=S(=O)(c1cccc2ccccc12)N1CCCCO1. The van der Waals surface area contributed by atoms with Crippen molar-refractivity contribution in [3.63, 3.8) is 0 Å². The van der Waals surface area contributed by atoms with Crippen molar-refractivity contribution >= 4 is 20.8 Å². The van der Waals surface area contributed by atoms with Crippen molar-refractivity contribution in [2.45, 2.75) is 17.7 Å². The lowest BCUT2D eigenvalue weighted by atomic mass is 10.1. The molecule has 0 bridgehead atoms. The first-order chi connectivity index (χ1) is 9.19. The fourth-order valence-corrected chi connectivity index (χ4v) is 3.81. The fourth-order valence-electron chi connectivity index (χ4n) is 2.29. The molecule has 0 amide bonds. The molecule has 2 aromatic rings. The maximum absolute atomic E-state index is 12.6. The highest BCUT2D eigenvalue weighted by Gasteiger charge is 2.28. The Morgan fingerprint density at radius 2 is 1.79 bits per heavy atom. The summed E-state index contributed by atoms with van der Waals surface area (Å²) in [5, 5.41) is 1.65. The normalized spacial score (nSPS) is 17.7. The summed E-state index contributed by atoms with van der Waals surface area (Å²) in [5.41, 5.74) is 0. The van der Waals surface area contributed by atoms with Crippen LogP contribution in [0, 0.1) is 0 Å². The fraction of sp³-hybridized carbons (Fsp3) is 0.286. The summed E-state index contributed by atoms with van der Waals surface area (Å²) in [7, 11) is -3.58. The monoisotopic (exact) mass is 277 g/mol. The zero-order valence-corrected chi connectivity index (χ0v) is 11.3. The largest absolute Gasteiger partial charge is 0.284 e. The molecular weight excluding hydrogens is 262 g/mol. The predicted octanol–water partition coefficient (Wildman–Crippen LogP) is 2.56. The summed E-state index contributed by atoms with van der Waals surface area (Å²) in [6, 6.07) is 12.8. The van der Waals surface area contributed by atoms with E-state index in [0.717, 1.165) is 28.1 Å². The van der Waals surface area contributed by atoms with E-state index in [4.69, 9.17) is 4.84 Å². The molecule has 0 radical (unpaired) electrons. The van der Waals surface area contributed by atoms with Crippen LogP contribution in [-0.2, 0) is 14.9 Å². The molecule has 1 aliphatic rings. The molecule has 0 aromatic heterocycles. The topological polar surface area (TPSA) is 46.6 Å². The molecule has 0 unspecified atom stereocenters. The molecule has 1 aliphatic heterocycles. The van der Waals surface area contributed by atoms with Crippen LogP contribution < -0.4 is 0 Å². The van der Waals surface area contributed by atoms with Crippen molar-refractivity contribution in [2.75, 3.05) is 13.2 Å². The van der Waals surface area contributed by atoms with Crippen LogP contribution in [-0.4, -0.2) is 26.0 Å². The second-order valence-corrected chi connectivity index (χ2v) is 6.35. The average Bonchev–Trinajstić information content (AvgIpc) is 2.47. The van der Waals surface area contributed by atoms with Crippen LogP contribution in [0.3, 0.4) is 0 Å². The molecule has 0 aliphatic carbocycles. The second kappa shape index (κ2) is 4.92. The highest BCUT2D eigenvalue weighted by Crippen LogP contribution is 2.27. The van der Waals surface area contributed by atoms with Crippen molar-refractivity contribution in [1.29, 1.82) is 0 Å². The number of rotatable bonds is 2. The van der Waals surface area contributed by atoms with Crippen LogP contribution in [0.2, 0.25) is 0 Å². The molecule has 1 saturated heterocycles. The minimum Gasteiger partial charge on any atom is -0.284 e. The Morgan fingerprint density at radius 3 is 2.58 bits per heavy atom. The molecule has 1 fully saturated rings. The van der Waals surface area contributed by atoms with Gasteiger partial charge in [0.15, 0.2) is 0 Å². The first-order valence-corrected chi connectivity index (χ1v) is 7.77. The number of hydrogen-bond acceptors (Lipinski definition) is 3. The summed E-state index contributed by atoms with van der Waals surface area (Å²) < 4.78 is 26.3. The van der Waals surface area contributed by atoms with Crippen LogP contribution in [0.5, 0.6) is 0 Å². The zero-order valence-electron chi connectivity index (χ0n) is 10.5. The van der Waals surface area contributed by atoms with Gasteiger partial charge in [0.05, 0.1) is 11.5 Å². The van der Waals surface area contributed by atoms with Gasteiger partial charge >= 0.3 is 0 Å². The smallest absolute Gasteiger partial charge is 0.265 e. The van der Waals surface area contributed by atoms with Gasteiger partial charge in [0.1, 0.15) is 0 Å². The Hall–Kier alpha value is -1.43. The number of nitrogens with zero attached hydrogens (tertiary/aromatic N) is 1. The Balaban J connectivity index is 2.12. The number of benzene rings is 2. The molecule has 0 saturated carbocycles. The van der Waals surface area contributed by atoms with Gasteiger partial charge in [-0.1, -0.05) is 40.9 Å². The summed E-state index contributed by atoms with van der Waals surface area (Å²) in [6.07, 6.45) is 1.74. The molecule has 2 aromatic carbocycles. The second-order valence-electron chi connectivity index (χ2n) is 4.55. The highest BCUT2D eigenvalue weighted by molar-refractivity contribution is 7.89. The third-order valence-corrected chi connectivity index (χ3v) is 5.00. The number of hydroxylamine groups is 1. The quantitative estimate of drug-likeness (QED) is 0.847. The van der Waals surface area contributed by atoms with E-state index < -0.39 is 10.0 Å². The molecule has 3 rings (SSSR count). The third-order valence-electron chi connectivity index (χ3n) is 3.27. The van der Waals surface area contributed by atoms with Crippen molar-refractivity contribution in [3.8, 4) is 0 Å². The molecule has 4 nitrogen and oxygen atoms in total. The van der Waals surface area contributed by atoms with Gasteiger partial charge in [-0.15, -0.1) is 0 Å². The van der Waals surface area contributed by atoms with Gasteiger partial charge in [-0.2, -0.15) is 0 Å². The van der Waals surface area contributed by atoms with E-state index in [9.17, 15) is 8.42 Å². The lowest BCUT2D eigenvalue weighted by Gasteiger charge is -2.25. The summed E-state index contributed by atoms with van der Waals surface area (Å²) in [6.45, 7) is 0.884. The van der Waals surface area contributed by atoms with Crippen LogP contribution in [0.15, 0.2) is 47.4 Å². The van der Waals surface area contributed by atoms with E-state index >= 15 is 0 Å². The Kier molecular flexibility index (Phi) is 3.26. The molecule has 0 atom stereocenters. The van der Waals surface area contributed by atoms with Gasteiger partial charge in [-0.05, 0) is 24.3 Å². The van der Waals surface area contributed by atoms with Crippen molar-refractivity contribution in [1.82, 2.24) is 4.47 Å². The van der Waals surface area contributed by atoms with Crippen molar-refractivity contribution in [2.24, 2.45) is 0 Å². The van der Waals surface area contributed by atoms with Crippen molar-refractivity contribution < 1.29 is 13.3 Å². The molecule has 0 N–H and O–H groups in total. The number of sulfonamides is 1. The Bertz CT molecular complexity index is 685. The zero-order chi connectivity index (χ0) is 13.3. The van der Waals surface area contributed by atoms with Gasteiger partial charge in [-0.25, -0.2) is 8.42 Å². The first kappa shape index (κ1) is 12.6. The minimum absolute atomic E-state index is 0.313. The van der Waals surface area contributed by atoms with Crippen molar-refractivity contribution in [3.05, 3.63) is 42.5 Å². The standard InChI is InChI=1S/C14H15NO3S/c16-19(17,15-10-3-4-11-18-15)14-9-5-7-12-6-1-2-8-13(12)14/h1-2,5-9H,3-4,10-11H2. The molecule has 19 heavy (non-hydrogen) atoms. The predicted molar refractivity (Wildman–Crippen MR) is 73.0 cm³/mol. The Morgan fingerprint density at radius 1 is 1.00 bits per heavy atom. The van der Waals surface area contributed by atoms with Gasteiger partial charge in [0.25, 0.3) is 10.0 Å². The van der Waals surface area contributed by atoms with Crippen LogP contribution in [0.4, 0.5) is 0 Å². The summed E-state index contributed by atoms with van der Waals surface area (Å²) in [5.74, 6) is 0. The van der Waals surface area contributed by atoms with E-state index in [-0.39, 0.29) is 0 Å². The van der Waals surface area contributed by atoms with E-state index in [1.54, 1.807) is 12.1 Å². The maximum Gasteiger partial charge on any atom is 0.265 e.